The first-order valence-electron chi connectivity index (χ1n) is 29.5. The van der Waals surface area contributed by atoms with Crippen LogP contribution in [0.1, 0.15) is 284 Å². The molecule has 0 spiro atoms. The highest BCUT2D eigenvalue weighted by Crippen LogP contribution is 2.47. The van der Waals surface area contributed by atoms with Crippen LogP contribution in [0.2, 0.25) is 0 Å². The first kappa shape index (κ1) is 67.1. The van der Waals surface area contributed by atoms with Crippen molar-refractivity contribution in [3.63, 3.8) is 0 Å². The molecule has 6 N–H and O–H groups in total. The van der Waals surface area contributed by atoms with Gasteiger partial charge in [-0.05, 0) is 38.5 Å². The standard InChI is InChI=1S/C57H111O12P/c1-3-5-7-9-11-13-15-17-19-21-23-25-26-27-28-30-32-34-36-38-40-42-44-46-51(58)68-50(49-67-70(64,65)69-57-55(62)53(60)52(59)54(61)56(57)63)48-66-47-45-43-41-39-37-35-33-31-29-24-22-20-18-16-14-12-10-8-6-4-2/h21,23,50,52-57,59-63H,3-20,22,24-49H2,1-2H3,(H,64,65)/b23-21-. The van der Waals surface area contributed by atoms with Gasteiger partial charge in [-0.2, -0.15) is 0 Å². The summed E-state index contributed by atoms with van der Waals surface area (Å²) in [7, 11) is -5.02. The van der Waals surface area contributed by atoms with Gasteiger partial charge in [-0.1, -0.05) is 251 Å². The zero-order chi connectivity index (χ0) is 51.2. The smallest absolute Gasteiger partial charge is 0.457 e. The molecule has 0 radical (unpaired) electrons. The second kappa shape index (κ2) is 47.8. The van der Waals surface area contributed by atoms with Gasteiger partial charge in [-0.25, -0.2) is 4.57 Å². The fraction of sp³-hybridized carbons (Fsp3) is 0.947. The van der Waals surface area contributed by atoms with Crippen molar-refractivity contribution in [3.05, 3.63) is 12.2 Å². The summed E-state index contributed by atoms with van der Waals surface area (Å²) in [5.41, 5.74) is 0. The van der Waals surface area contributed by atoms with Crippen molar-refractivity contribution in [2.75, 3.05) is 19.8 Å². The number of carbonyl (C=O) groups excluding carboxylic acids is 1. The van der Waals surface area contributed by atoms with Crippen molar-refractivity contribution in [3.8, 4) is 0 Å². The summed E-state index contributed by atoms with van der Waals surface area (Å²) < 4.78 is 34.4. The molecule has 12 nitrogen and oxygen atoms in total. The number of esters is 1. The van der Waals surface area contributed by atoms with Crippen LogP contribution in [0.3, 0.4) is 0 Å². The molecule has 0 aromatic heterocycles. The summed E-state index contributed by atoms with van der Waals surface area (Å²) in [6.07, 6.45) is 44.3. The van der Waals surface area contributed by atoms with E-state index in [0.717, 1.165) is 38.5 Å². The third-order valence-electron chi connectivity index (χ3n) is 14.1. The molecular weight excluding hydrogens is 908 g/mol. The minimum Gasteiger partial charge on any atom is -0.457 e. The molecule has 1 aliphatic rings. The van der Waals surface area contributed by atoms with Crippen molar-refractivity contribution in [1.29, 1.82) is 0 Å². The highest BCUT2D eigenvalue weighted by Gasteiger charge is 2.51. The molecular formula is C57H111O12P. The molecule has 6 atom stereocenters. The number of phosphoric acid groups is 1. The summed E-state index contributed by atoms with van der Waals surface area (Å²) in [5.74, 6) is -0.470. The summed E-state index contributed by atoms with van der Waals surface area (Å²) in [6.45, 7) is 4.33. The molecule has 1 fully saturated rings. The normalized spacial score (nSPS) is 20.9. The molecule has 0 saturated heterocycles. The Morgan fingerprint density at radius 3 is 1.13 bits per heavy atom. The summed E-state index contributed by atoms with van der Waals surface area (Å²) in [5, 5.41) is 50.4. The summed E-state index contributed by atoms with van der Waals surface area (Å²) in [4.78, 5) is 23.3. The predicted octanol–water partition coefficient (Wildman–Crippen LogP) is 14.2. The van der Waals surface area contributed by atoms with Gasteiger partial charge in [0.05, 0.1) is 13.2 Å². The van der Waals surface area contributed by atoms with E-state index in [4.69, 9.17) is 18.5 Å². The Morgan fingerprint density at radius 1 is 0.443 bits per heavy atom. The first-order valence-corrected chi connectivity index (χ1v) is 31.0. The van der Waals surface area contributed by atoms with Crippen molar-refractivity contribution in [2.45, 2.75) is 326 Å². The van der Waals surface area contributed by atoms with Crippen molar-refractivity contribution in [1.82, 2.24) is 0 Å². The molecule has 6 unspecified atom stereocenters. The lowest BCUT2D eigenvalue weighted by Gasteiger charge is -2.41. The number of carbonyl (C=O) groups is 1. The van der Waals surface area contributed by atoms with Crippen LogP contribution in [0, 0.1) is 0 Å². The molecule has 0 heterocycles. The van der Waals surface area contributed by atoms with Crippen LogP contribution in [0.4, 0.5) is 0 Å². The minimum absolute atomic E-state index is 0.0698. The fourth-order valence-electron chi connectivity index (χ4n) is 9.47. The average Bonchev–Trinajstić information content (AvgIpc) is 3.35. The number of hydrogen-bond donors (Lipinski definition) is 6. The van der Waals surface area contributed by atoms with Crippen LogP contribution in [0.5, 0.6) is 0 Å². The van der Waals surface area contributed by atoms with Crippen LogP contribution in [-0.4, -0.2) is 98.9 Å². The van der Waals surface area contributed by atoms with E-state index >= 15 is 0 Å². The Kier molecular flexibility index (Phi) is 45.8. The van der Waals surface area contributed by atoms with E-state index < -0.39 is 63.1 Å². The van der Waals surface area contributed by atoms with E-state index in [9.17, 15) is 39.8 Å². The SMILES string of the molecule is CCCCCCCCCC/C=C\CCCCCCCCCCCCCC(=O)OC(COCCCCCCCCCCCCCCCCCCCCCC)COP(=O)(O)OC1C(O)C(O)C(O)C(O)C1O. The number of allylic oxidation sites excluding steroid dienone is 2. The zero-order valence-corrected chi connectivity index (χ0v) is 46.0. The van der Waals surface area contributed by atoms with E-state index in [-0.39, 0.29) is 13.0 Å². The quantitative estimate of drug-likeness (QED) is 0.0146. The minimum atomic E-state index is -5.02. The lowest BCUT2D eigenvalue weighted by Crippen LogP contribution is -2.64. The first-order chi connectivity index (χ1) is 34.0. The maximum Gasteiger partial charge on any atom is 0.472 e. The van der Waals surface area contributed by atoms with Gasteiger partial charge in [0.2, 0.25) is 0 Å². The van der Waals surface area contributed by atoms with E-state index in [1.165, 1.54) is 218 Å². The molecule has 1 aliphatic carbocycles. The lowest BCUT2D eigenvalue weighted by molar-refractivity contribution is -0.220. The van der Waals surface area contributed by atoms with Crippen LogP contribution in [-0.2, 0) is 27.9 Å². The van der Waals surface area contributed by atoms with Crippen LogP contribution in [0.15, 0.2) is 12.2 Å². The number of unbranched alkanes of at least 4 members (excludes halogenated alkanes) is 38. The number of phosphoric ester groups is 1. The van der Waals surface area contributed by atoms with Gasteiger partial charge in [-0.3, -0.25) is 13.8 Å². The second-order valence-corrected chi connectivity index (χ2v) is 22.3. The Labute approximate surface area is 428 Å². The summed E-state index contributed by atoms with van der Waals surface area (Å²) in [6, 6.07) is 0. The Bertz CT molecular complexity index is 1210. The van der Waals surface area contributed by atoms with Crippen molar-refractivity contribution >= 4 is 13.8 Å². The molecule has 70 heavy (non-hydrogen) atoms. The lowest BCUT2D eigenvalue weighted by atomic mass is 9.85. The number of aliphatic hydroxyl groups excluding tert-OH is 5. The number of ether oxygens (including phenoxy) is 2. The van der Waals surface area contributed by atoms with Gasteiger partial charge < -0.3 is 39.9 Å². The molecule has 1 saturated carbocycles. The third-order valence-corrected chi connectivity index (χ3v) is 15.1. The number of aliphatic hydroxyl groups is 5. The molecule has 416 valence electrons. The highest BCUT2D eigenvalue weighted by atomic mass is 31.2. The van der Waals surface area contributed by atoms with Gasteiger partial charge in [0.1, 0.15) is 42.7 Å². The average molecular weight is 1020 g/mol. The zero-order valence-electron chi connectivity index (χ0n) is 45.1. The van der Waals surface area contributed by atoms with Gasteiger partial charge in [0.25, 0.3) is 0 Å². The third kappa shape index (κ3) is 38.6. The van der Waals surface area contributed by atoms with Crippen LogP contribution >= 0.6 is 7.82 Å². The molecule has 0 bridgehead atoms. The van der Waals surface area contributed by atoms with Gasteiger partial charge in [-0.15, -0.1) is 0 Å². The van der Waals surface area contributed by atoms with E-state index in [2.05, 4.69) is 26.0 Å². The largest absolute Gasteiger partial charge is 0.472 e. The van der Waals surface area contributed by atoms with Gasteiger partial charge >= 0.3 is 13.8 Å². The maximum atomic E-state index is 12.9. The van der Waals surface area contributed by atoms with Crippen LogP contribution in [0.25, 0.3) is 0 Å². The Morgan fingerprint density at radius 2 is 0.757 bits per heavy atom. The van der Waals surface area contributed by atoms with Crippen LogP contribution < -0.4 is 0 Å². The van der Waals surface area contributed by atoms with E-state index in [0.29, 0.717) is 13.0 Å². The molecule has 0 aromatic carbocycles. The van der Waals surface area contributed by atoms with E-state index in [1.807, 2.05) is 0 Å². The monoisotopic (exact) mass is 1020 g/mol. The number of hydrogen-bond acceptors (Lipinski definition) is 11. The van der Waals surface area contributed by atoms with Gasteiger partial charge in [0, 0.05) is 13.0 Å². The van der Waals surface area contributed by atoms with Gasteiger partial charge in [0.15, 0.2) is 0 Å². The molecule has 0 aliphatic heterocycles. The Hall–Kier alpha value is -0.920. The van der Waals surface area contributed by atoms with E-state index in [1.54, 1.807) is 0 Å². The van der Waals surface area contributed by atoms with Crippen molar-refractivity contribution in [2.24, 2.45) is 0 Å². The molecule has 0 aromatic rings. The predicted molar refractivity (Wildman–Crippen MR) is 286 cm³/mol. The van der Waals surface area contributed by atoms with Crippen molar-refractivity contribution < 1.29 is 58.3 Å². The molecule has 0 amide bonds. The maximum absolute atomic E-state index is 12.9. The molecule has 13 heteroatoms. The fourth-order valence-corrected chi connectivity index (χ4v) is 10.4. The molecule has 1 rings (SSSR count). The highest BCUT2D eigenvalue weighted by molar-refractivity contribution is 7.47. The second-order valence-electron chi connectivity index (χ2n) is 20.9. The number of rotatable bonds is 52. The Balaban J connectivity index is 2.26. The summed E-state index contributed by atoms with van der Waals surface area (Å²) >= 11 is 0. The topological polar surface area (TPSA) is 192 Å².